The van der Waals surface area contributed by atoms with Crippen LogP contribution in [0.15, 0.2) is 48.7 Å². The Morgan fingerprint density at radius 3 is 2.48 bits per heavy atom. The maximum atomic E-state index is 13.9. The summed E-state index contributed by atoms with van der Waals surface area (Å²) in [6.07, 6.45) is 7.24. The molecule has 13 heteroatoms. The highest BCUT2D eigenvalue weighted by Crippen LogP contribution is 2.44. The maximum Gasteiger partial charge on any atom is 0.407 e. The zero-order chi connectivity index (χ0) is 40.2. The van der Waals surface area contributed by atoms with E-state index in [9.17, 15) is 14.4 Å². The van der Waals surface area contributed by atoms with E-state index >= 15 is 0 Å². The summed E-state index contributed by atoms with van der Waals surface area (Å²) in [5.41, 5.74) is 6.90. The fourth-order valence-electron chi connectivity index (χ4n) is 9.76. The van der Waals surface area contributed by atoms with E-state index in [0.717, 1.165) is 112 Å². The van der Waals surface area contributed by atoms with Gasteiger partial charge in [-0.25, -0.2) is 14.8 Å². The van der Waals surface area contributed by atoms with Crippen molar-refractivity contribution in [1.29, 1.82) is 0 Å². The quantitative estimate of drug-likeness (QED) is 0.143. The standard InChI is InChI=1S/C45H53N7O6/c1-24(2)40(50-45(55)56-5)44(54)52-26(4)9-14-36(52)42-46-21-35(48-42)29-10-12-31-30(18-29)23-58-38-20-32-28(19-33(31)38)11-13-34-41(32)49-43(47-34)37-15-8-25(3)51(37)39(53)17-27-7-6-16-57-22-27/h10-13,18-21,24-27,36-37,40H,6-9,14-17,22-23H2,1-5H3,(H,46,48)(H,47,49)(H,50,55)/t25-,26-,27?,36-,37-,40?/m0/s1. The number of carbonyl (C=O) groups excluding carboxylic acids is 3. The molecule has 2 unspecified atom stereocenters. The maximum absolute atomic E-state index is 13.9. The molecule has 4 aliphatic rings. The first-order valence-electron chi connectivity index (χ1n) is 20.9. The molecule has 0 radical (unpaired) electrons. The van der Waals surface area contributed by atoms with Gasteiger partial charge in [-0.05, 0) is 111 Å². The molecule has 3 amide bonds. The Balaban J connectivity index is 0.957. The molecule has 6 heterocycles. The van der Waals surface area contributed by atoms with Crippen LogP contribution in [0, 0.1) is 11.8 Å². The number of H-pyrrole nitrogens is 2. The van der Waals surface area contributed by atoms with Crippen molar-refractivity contribution in [2.45, 2.75) is 109 Å². The van der Waals surface area contributed by atoms with E-state index < -0.39 is 12.1 Å². The first kappa shape index (κ1) is 38.1. The van der Waals surface area contributed by atoms with Crippen LogP contribution in [0.2, 0.25) is 0 Å². The lowest BCUT2D eigenvalue weighted by atomic mass is 9.92. The molecular formula is C45H53N7O6. The van der Waals surface area contributed by atoms with Gasteiger partial charge in [0.1, 0.15) is 30.0 Å². The van der Waals surface area contributed by atoms with Crippen LogP contribution in [0.3, 0.4) is 0 Å². The van der Waals surface area contributed by atoms with Crippen molar-refractivity contribution < 1.29 is 28.6 Å². The molecule has 13 nitrogen and oxygen atoms in total. The Bertz CT molecular complexity index is 2380. The molecule has 3 N–H and O–H groups in total. The number of aromatic amines is 2. The lowest BCUT2D eigenvalue weighted by Crippen LogP contribution is -2.52. The Morgan fingerprint density at radius 2 is 1.72 bits per heavy atom. The normalized spacial score (nSPS) is 23.5. The van der Waals surface area contributed by atoms with Crippen molar-refractivity contribution in [2.75, 3.05) is 20.3 Å². The van der Waals surface area contributed by atoms with Gasteiger partial charge < -0.3 is 39.3 Å². The second kappa shape index (κ2) is 15.4. The number of nitrogens with zero attached hydrogens (tertiary/aromatic N) is 4. The third-order valence-electron chi connectivity index (χ3n) is 12.9. The van der Waals surface area contributed by atoms with Gasteiger partial charge in [0.2, 0.25) is 11.8 Å². The number of carbonyl (C=O) groups is 3. The smallest absolute Gasteiger partial charge is 0.407 e. The monoisotopic (exact) mass is 787 g/mol. The molecule has 0 aliphatic carbocycles. The average Bonchev–Trinajstić information content (AvgIpc) is 4.04. The molecule has 3 saturated heterocycles. The van der Waals surface area contributed by atoms with Crippen LogP contribution in [0.4, 0.5) is 4.79 Å². The van der Waals surface area contributed by atoms with Gasteiger partial charge in [-0.1, -0.05) is 32.0 Å². The molecule has 9 rings (SSSR count). The number of likely N-dealkylation sites (tertiary alicyclic amines) is 2. The van der Waals surface area contributed by atoms with Crippen LogP contribution in [0.25, 0.3) is 44.2 Å². The minimum atomic E-state index is -0.705. The third-order valence-corrected chi connectivity index (χ3v) is 12.9. The molecule has 3 aromatic carbocycles. The minimum Gasteiger partial charge on any atom is -0.488 e. The zero-order valence-electron chi connectivity index (χ0n) is 34.0. The SMILES string of the molecule is COC(=O)NC(C(=O)N1[C@@H](C)CC[C@H]1c1ncc(-c2ccc3c(c2)COc2cc4c(ccc5[nH]c([C@@H]6CC[C@H](C)N6C(=O)CC6CCCOC6)nc54)cc2-3)[nH]1)C(C)C. The summed E-state index contributed by atoms with van der Waals surface area (Å²) >= 11 is 0. The van der Waals surface area contributed by atoms with Crippen LogP contribution < -0.4 is 10.1 Å². The van der Waals surface area contributed by atoms with Crippen LogP contribution in [0.5, 0.6) is 5.75 Å². The number of methoxy groups -OCH3 is 1. The molecule has 0 spiro atoms. The number of aromatic nitrogens is 4. The Kier molecular flexibility index (Phi) is 10.1. The van der Waals surface area contributed by atoms with Crippen molar-refractivity contribution in [3.63, 3.8) is 0 Å². The number of alkyl carbamates (subject to hydrolysis) is 1. The second-order valence-electron chi connectivity index (χ2n) is 17.1. The molecule has 0 saturated carbocycles. The molecular weight excluding hydrogens is 735 g/mol. The van der Waals surface area contributed by atoms with Crippen molar-refractivity contribution in [3.05, 3.63) is 65.9 Å². The largest absolute Gasteiger partial charge is 0.488 e. The lowest BCUT2D eigenvalue weighted by Gasteiger charge is -2.32. The summed E-state index contributed by atoms with van der Waals surface area (Å²) in [5, 5.41) is 4.82. The molecule has 304 valence electrons. The number of ether oxygens (including phenoxy) is 3. The summed E-state index contributed by atoms with van der Waals surface area (Å²) in [4.78, 5) is 60.6. The van der Waals surface area contributed by atoms with Gasteiger partial charge in [-0.2, -0.15) is 0 Å². The lowest BCUT2D eigenvalue weighted by molar-refractivity contribution is -0.137. The van der Waals surface area contributed by atoms with E-state index in [1.54, 1.807) is 0 Å². The number of hydrogen-bond acceptors (Lipinski definition) is 8. The van der Waals surface area contributed by atoms with Gasteiger partial charge in [-0.15, -0.1) is 0 Å². The van der Waals surface area contributed by atoms with Crippen molar-refractivity contribution in [1.82, 2.24) is 35.1 Å². The van der Waals surface area contributed by atoms with Crippen LogP contribution in [-0.4, -0.2) is 86.1 Å². The van der Waals surface area contributed by atoms with Crippen LogP contribution >= 0.6 is 0 Å². The number of benzene rings is 3. The van der Waals surface area contributed by atoms with Gasteiger partial charge in [0, 0.05) is 42.7 Å². The van der Waals surface area contributed by atoms with Gasteiger partial charge >= 0.3 is 6.09 Å². The fraction of sp³-hybridized carbons (Fsp3) is 0.489. The van der Waals surface area contributed by atoms with Gasteiger partial charge in [0.15, 0.2) is 0 Å². The van der Waals surface area contributed by atoms with Gasteiger partial charge in [-0.3, -0.25) is 9.59 Å². The van der Waals surface area contributed by atoms with Crippen molar-refractivity contribution in [2.24, 2.45) is 11.8 Å². The zero-order valence-corrected chi connectivity index (χ0v) is 34.0. The minimum absolute atomic E-state index is 0.000876. The Labute approximate surface area is 338 Å². The molecule has 4 aliphatic heterocycles. The summed E-state index contributed by atoms with van der Waals surface area (Å²) in [5.74, 6) is 2.61. The van der Waals surface area contributed by atoms with E-state index in [2.05, 4.69) is 69.6 Å². The number of fused-ring (bicyclic) bond motifs is 6. The van der Waals surface area contributed by atoms with E-state index in [1.165, 1.54) is 7.11 Å². The third kappa shape index (κ3) is 6.86. The van der Waals surface area contributed by atoms with Crippen molar-refractivity contribution in [3.8, 4) is 28.1 Å². The highest BCUT2D eigenvalue weighted by atomic mass is 16.5. The van der Waals surface area contributed by atoms with Gasteiger partial charge in [0.25, 0.3) is 0 Å². The number of amides is 3. The van der Waals surface area contributed by atoms with Crippen LogP contribution in [0.1, 0.15) is 102 Å². The number of rotatable bonds is 8. The molecule has 2 aromatic heterocycles. The van der Waals surface area contributed by atoms with Gasteiger partial charge in [0.05, 0.1) is 42.1 Å². The summed E-state index contributed by atoms with van der Waals surface area (Å²) < 4.78 is 16.9. The molecule has 3 fully saturated rings. The van der Waals surface area contributed by atoms with Crippen molar-refractivity contribution >= 4 is 39.7 Å². The number of nitrogens with one attached hydrogen (secondary N) is 3. The molecule has 5 aromatic rings. The van der Waals surface area contributed by atoms with Crippen LogP contribution in [-0.2, 0) is 25.7 Å². The Morgan fingerprint density at radius 1 is 0.931 bits per heavy atom. The van der Waals surface area contributed by atoms with E-state index in [4.69, 9.17) is 24.2 Å². The average molecular weight is 788 g/mol. The number of imidazole rings is 2. The predicted molar refractivity (Wildman–Crippen MR) is 220 cm³/mol. The highest BCUT2D eigenvalue weighted by Gasteiger charge is 2.42. The first-order valence-corrected chi connectivity index (χ1v) is 20.9. The first-order chi connectivity index (χ1) is 28.1. The van der Waals surface area contributed by atoms with E-state index in [1.807, 2.05) is 31.9 Å². The molecule has 0 bridgehead atoms. The van der Waals surface area contributed by atoms with E-state index in [-0.39, 0.29) is 47.8 Å². The fourth-order valence-corrected chi connectivity index (χ4v) is 9.76. The van der Waals surface area contributed by atoms with E-state index in [0.29, 0.717) is 19.6 Å². The summed E-state index contributed by atoms with van der Waals surface area (Å²) in [6.45, 7) is 9.90. The topological polar surface area (TPSA) is 155 Å². The second-order valence-corrected chi connectivity index (χ2v) is 17.1. The highest BCUT2D eigenvalue weighted by molar-refractivity contribution is 6.07. The molecule has 6 atom stereocenters. The Hall–Kier alpha value is -5.43. The number of hydrogen-bond donors (Lipinski definition) is 3. The predicted octanol–water partition coefficient (Wildman–Crippen LogP) is 7.97. The summed E-state index contributed by atoms with van der Waals surface area (Å²) in [7, 11) is 1.30. The molecule has 58 heavy (non-hydrogen) atoms. The summed E-state index contributed by atoms with van der Waals surface area (Å²) in [6, 6.07) is 14.1.